The van der Waals surface area contributed by atoms with Crippen LogP contribution < -0.4 is 0 Å². The molecule has 0 saturated carbocycles. The van der Waals surface area contributed by atoms with Crippen LogP contribution in [0.3, 0.4) is 0 Å². The summed E-state index contributed by atoms with van der Waals surface area (Å²) < 4.78 is 1.69. The summed E-state index contributed by atoms with van der Waals surface area (Å²) in [4.78, 5) is 17.2. The Hall–Kier alpha value is -3.52. The molecule has 3 heterocycles. The molecule has 5 rings (SSSR count). The molecule has 0 bridgehead atoms. The first-order valence-corrected chi connectivity index (χ1v) is 10.2. The summed E-state index contributed by atoms with van der Waals surface area (Å²) in [6, 6.07) is 15.5. The number of amides is 1. The molecule has 4 aromatic rings. The summed E-state index contributed by atoms with van der Waals surface area (Å²) in [7, 11) is 0. The maximum atomic E-state index is 13.0. The van der Waals surface area contributed by atoms with Crippen LogP contribution in [0.15, 0.2) is 54.7 Å². The first-order valence-electron chi connectivity index (χ1n) is 10.2. The van der Waals surface area contributed by atoms with Crippen LogP contribution in [-0.2, 0) is 0 Å². The van der Waals surface area contributed by atoms with E-state index in [1.54, 1.807) is 4.68 Å². The lowest BCUT2D eigenvalue weighted by molar-refractivity contribution is 0.0643. The number of aromatic amines is 1. The van der Waals surface area contributed by atoms with Crippen LogP contribution in [-0.4, -0.2) is 73.6 Å². The van der Waals surface area contributed by atoms with Gasteiger partial charge in [-0.15, -0.1) is 5.10 Å². The number of aromatic nitrogens is 5. The second-order valence-electron chi connectivity index (χ2n) is 7.44. The predicted octanol–water partition coefficient (Wildman–Crippen LogP) is 2.59. The van der Waals surface area contributed by atoms with Gasteiger partial charge in [0.2, 0.25) is 0 Å². The maximum absolute atomic E-state index is 13.0. The van der Waals surface area contributed by atoms with Crippen molar-refractivity contribution in [2.24, 2.45) is 0 Å². The third kappa shape index (κ3) is 3.35. The van der Waals surface area contributed by atoms with Gasteiger partial charge in [-0.05, 0) is 30.8 Å². The Balaban J connectivity index is 1.39. The molecule has 0 spiro atoms. The van der Waals surface area contributed by atoms with E-state index in [0.717, 1.165) is 55.0 Å². The number of carbonyl (C=O) groups is 1. The lowest BCUT2D eigenvalue weighted by atomic mass is 10.1. The molecule has 152 valence electrons. The Morgan fingerprint density at radius 3 is 2.73 bits per heavy atom. The molecule has 30 heavy (non-hydrogen) atoms. The number of rotatable bonds is 4. The normalized spacial score (nSPS) is 15.0. The number of fused-ring (bicyclic) bond motifs is 1. The summed E-state index contributed by atoms with van der Waals surface area (Å²) in [6.07, 6.45) is 1.84. The minimum absolute atomic E-state index is 0.0613. The van der Waals surface area contributed by atoms with E-state index < -0.39 is 0 Å². The Labute approximate surface area is 174 Å². The first-order chi connectivity index (χ1) is 14.7. The van der Waals surface area contributed by atoms with E-state index in [1.165, 1.54) is 0 Å². The summed E-state index contributed by atoms with van der Waals surface area (Å²) in [5, 5.41) is 17.0. The van der Waals surface area contributed by atoms with Crippen LogP contribution >= 0.6 is 0 Å². The highest BCUT2D eigenvalue weighted by atomic mass is 16.2. The fourth-order valence-corrected chi connectivity index (χ4v) is 3.89. The van der Waals surface area contributed by atoms with E-state index in [-0.39, 0.29) is 5.91 Å². The zero-order valence-corrected chi connectivity index (χ0v) is 16.8. The van der Waals surface area contributed by atoms with Gasteiger partial charge < -0.3 is 9.80 Å². The Morgan fingerprint density at radius 2 is 1.90 bits per heavy atom. The van der Waals surface area contributed by atoms with E-state index in [2.05, 4.69) is 32.3 Å². The third-order valence-electron chi connectivity index (χ3n) is 5.67. The van der Waals surface area contributed by atoms with Crippen molar-refractivity contribution in [3.8, 4) is 17.1 Å². The van der Waals surface area contributed by atoms with Crippen molar-refractivity contribution < 1.29 is 4.79 Å². The molecule has 1 fully saturated rings. The quantitative estimate of drug-likeness (QED) is 0.568. The van der Waals surface area contributed by atoms with Gasteiger partial charge in [0.05, 0.1) is 17.4 Å². The average molecular weight is 401 g/mol. The summed E-state index contributed by atoms with van der Waals surface area (Å²) in [6.45, 7) is 6.54. The van der Waals surface area contributed by atoms with Gasteiger partial charge in [0, 0.05) is 37.1 Å². The van der Waals surface area contributed by atoms with Crippen molar-refractivity contribution in [2.45, 2.75) is 6.92 Å². The van der Waals surface area contributed by atoms with Gasteiger partial charge in [-0.1, -0.05) is 36.4 Å². The van der Waals surface area contributed by atoms with Crippen LogP contribution in [0, 0.1) is 0 Å². The SMILES string of the molecule is CCN1CCN(C(=O)c2cccc(-n3cc(-c4n[nH]c5ccccc45)nn3)c2)CC1. The Kier molecular flexibility index (Phi) is 4.76. The Morgan fingerprint density at radius 1 is 1.07 bits per heavy atom. The van der Waals surface area contributed by atoms with Crippen molar-refractivity contribution in [3.63, 3.8) is 0 Å². The first kappa shape index (κ1) is 18.5. The maximum Gasteiger partial charge on any atom is 0.254 e. The van der Waals surface area contributed by atoms with E-state index in [9.17, 15) is 4.79 Å². The summed E-state index contributed by atoms with van der Waals surface area (Å²) in [5.74, 6) is 0.0613. The standard InChI is InChI=1S/C22H23N7O/c1-2-27-10-12-28(13-11-27)22(30)16-6-5-7-17(14-16)29-15-20(24-26-29)21-18-8-3-4-9-19(18)23-25-21/h3-9,14-15H,2,10-13H2,1H3,(H,23,25). The van der Waals surface area contributed by atoms with Gasteiger partial charge in [0.1, 0.15) is 11.4 Å². The average Bonchev–Trinajstić information content (AvgIpc) is 3.46. The molecule has 2 aromatic heterocycles. The van der Waals surface area contributed by atoms with Gasteiger partial charge in [0.15, 0.2) is 0 Å². The topological polar surface area (TPSA) is 82.9 Å². The van der Waals surface area contributed by atoms with Crippen molar-refractivity contribution in [1.29, 1.82) is 0 Å². The second-order valence-corrected chi connectivity index (χ2v) is 7.44. The van der Waals surface area contributed by atoms with Gasteiger partial charge >= 0.3 is 0 Å². The number of carbonyl (C=O) groups excluding carboxylic acids is 1. The van der Waals surface area contributed by atoms with Gasteiger partial charge in [0.25, 0.3) is 5.91 Å². The molecule has 0 aliphatic carbocycles. The monoisotopic (exact) mass is 401 g/mol. The number of hydrogen-bond acceptors (Lipinski definition) is 5. The van der Waals surface area contributed by atoms with Crippen LogP contribution in [0.25, 0.3) is 28.0 Å². The van der Waals surface area contributed by atoms with Crippen LogP contribution in [0.5, 0.6) is 0 Å². The highest BCUT2D eigenvalue weighted by molar-refractivity contribution is 5.95. The minimum Gasteiger partial charge on any atom is -0.336 e. The molecule has 1 aliphatic rings. The number of hydrogen-bond donors (Lipinski definition) is 1. The number of H-pyrrole nitrogens is 1. The number of likely N-dealkylation sites (N-methyl/N-ethyl adjacent to an activating group) is 1. The lowest BCUT2D eigenvalue weighted by Crippen LogP contribution is -2.48. The van der Waals surface area contributed by atoms with Crippen LogP contribution in [0.4, 0.5) is 0 Å². The molecule has 1 saturated heterocycles. The zero-order chi connectivity index (χ0) is 20.5. The molecule has 0 atom stereocenters. The largest absolute Gasteiger partial charge is 0.336 e. The molecule has 1 amide bonds. The molecule has 0 unspecified atom stereocenters. The van der Waals surface area contributed by atoms with Gasteiger partial charge in [-0.2, -0.15) is 5.10 Å². The fourth-order valence-electron chi connectivity index (χ4n) is 3.89. The number of para-hydroxylation sites is 1. The molecular weight excluding hydrogens is 378 g/mol. The van der Waals surface area contributed by atoms with Crippen LogP contribution in [0.1, 0.15) is 17.3 Å². The van der Waals surface area contributed by atoms with Crippen molar-refractivity contribution >= 4 is 16.8 Å². The third-order valence-corrected chi connectivity index (χ3v) is 5.67. The van der Waals surface area contributed by atoms with E-state index in [0.29, 0.717) is 11.3 Å². The van der Waals surface area contributed by atoms with E-state index in [1.807, 2.05) is 59.6 Å². The van der Waals surface area contributed by atoms with Crippen molar-refractivity contribution in [3.05, 3.63) is 60.3 Å². The second kappa shape index (κ2) is 7.72. The predicted molar refractivity (Wildman–Crippen MR) is 114 cm³/mol. The smallest absolute Gasteiger partial charge is 0.254 e. The van der Waals surface area contributed by atoms with E-state index in [4.69, 9.17) is 0 Å². The number of benzene rings is 2. The highest BCUT2D eigenvalue weighted by Gasteiger charge is 2.21. The number of nitrogens with one attached hydrogen (secondary N) is 1. The number of piperazine rings is 1. The van der Waals surface area contributed by atoms with Crippen molar-refractivity contribution in [1.82, 2.24) is 35.0 Å². The summed E-state index contributed by atoms with van der Waals surface area (Å²) >= 11 is 0. The fraction of sp³-hybridized carbons (Fsp3) is 0.273. The molecule has 0 radical (unpaired) electrons. The molecular formula is C22H23N7O. The summed E-state index contributed by atoms with van der Waals surface area (Å²) in [5.41, 5.74) is 3.86. The highest BCUT2D eigenvalue weighted by Crippen LogP contribution is 2.24. The lowest BCUT2D eigenvalue weighted by Gasteiger charge is -2.34. The minimum atomic E-state index is 0.0613. The number of nitrogens with zero attached hydrogens (tertiary/aromatic N) is 6. The molecule has 1 N–H and O–H groups in total. The molecule has 2 aromatic carbocycles. The zero-order valence-electron chi connectivity index (χ0n) is 16.8. The van der Waals surface area contributed by atoms with Crippen molar-refractivity contribution in [2.75, 3.05) is 32.7 Å². The van der Waals surface area contributed by atoms with E-state index >= 15 is 0 Å². The molecule has 8 heteroatoms. The van der Waals surface area contributed by atoms with Gasteiger partial charge in [-0.25, -0.2) is 4.68 Å². The Bertz CT molecular complexity index is 1190. The molecule has 1 aliphatic heterocycles. The van der Waals surface area contributed by atoms with Crippen LogP contribution in [0.2, 0.25) is 0 Å². The van der Waals surface area contributed by atoms with Gasteiger partial charge in [-0.3, -0.25) is 9.89 Å². The molecule has 8 nitrogen and oxygen atoms in total.